The third-order valence-electron chi connectivity index (χ3n) is 2.46. The zero-order valence-corrected chi connectivity index (χ0v) is 9.56. The van der Waals surface area contributed by atoms with E-state index < -0.39 is 5.97 Å². The van der Waals surface area contributed by atoms with Gasteiger partial charge >= 0.3 is 5.97 Å². The third-order valence-corrected chi connectivity index (χ3v) is 2.46. The van der Waals surface area contributed by atoms with Crippen LogP contribution < -0.4 is 0 Å². The van der Waals surface area contributed by atoms with E-state index in [-0.39, 0.29) is 18.7 Å². The highest BCUT2D eigenvalue weighted by Crippen LogP contribution is 2.10. The maximum absolute atomic E-state index is 13.4. The van der Waals surface area contributed by atoms with E-state index in [0.717, 1.165) is 0 Å². The van der Waals surface area contributed by atoms with Gasteiger partial charge in [-0.15, -0.1) is 0 Å². The number of carbonyl (C=O) groups is 1. The molecular weight excluding hydrogens is 237 g/mol. The molecule has 0 atom stereocenters. The number of carboxylic acid groups (broad SMARTS) is 1. The topological polar surface area (TPSA) is 78.9 Å². The first-order valence-electron chi connectivity index (χ1n) is 5.50. The molecule has 2 aromatic rings. The average molecular weight is 249 g/mol. The van der Waals surface area contributed by atoms with Crippen molar-refractivity contribution in [2.45, 2.75) is 19.3 Å². The molecule has 0 saturated carbocycles. The molecule has 1 heterocycles. The van der Waals surface area contributed by atoms with Crippen molar-refractivity contribution in [3.8, 4) is 0 Å². The van der Waals surface area contributed by atoms with E-state index in [1.807, 2.05) is 0 Å². The van der Waals surface area contributed by atoms with E-state index in [0.29, 0.717) is 23.6 Å². The summed E-state index contributed by atoms with van der Waals surface area (Å²) in [7, 11) is 0. The van der Waals surface area contributed by atoms with Crippen LogP contribution in [0.3, 0.4) is 0 Å². The van der Waals surface area contributed by atoms with Crippen LogP contribution in [0.5, 0.6) is 0 Å². The second-order valence-electron chi connectivity index (χ2n) is 3.86. The normalized spacial score (nSPS) is 10.5. The zero-order chi connectivity index (χ0) is 13.0. The van der Waals surface area contributed by atoms with Crippen molar-refractivity contribution in [1.29, 1.82) is 0 Å². The number of nitrogens with one attached hydrogen (secondary N) is 1. The maximum atomic E-state index is 13.4. The summed E-state index contributed by atoms with van der Waals surface area (Å²) in [5.74, 6) is -0.222. The van der Waals surface area contributed by atoms with E-state index >= 15 is 0 Å². The third kappa shape index (κ3) is 3.13. The minimum atomic E-state index is -0.893. The van der Waals surface area contributed by atoms with E-state index in [1.165, 1.54) is 6.07 Å². The molecule has 0 fully saturated rings. The number of benzene rings is 1. The first-order chi connectivity index (χ1) is 8.65. The lowest BCUT2D eigenvalue weighted by molar-refractivity contribution is -0.137. The number of aromatic amines is 1. The summed E-state index contributed by atoms with van der Waals surface area (Å²) in [5, 5.41) is 15.1. The molecule has 0 aliphatic rings. The zero-order valence-electron chi connectivity index (χ0n) is 9.56. The molecule has 0 aliphatic carbocycles. The van der Waals surface area contributed by atoms with Crippen LogP contribution in [0, 0.1) is 5.82 Å². The fraction of sp³-hybridized carbons (Fsp3) is 0.250. The van der Waals surface area contributed by atoms with Gasteiger partial charge in [0, 0.05) is 12.8 Å². The Morgan fingerprint density at radius 2 is 2.17 bits per heavy atom. The standard InChI is InChI=1S/C12H12FN3O2/c13-9-4-2-1-3-8(9)7-11-14-10(15-16-11)5-6-12(17)18/h1-4H,5-7H2,(H,17,18)(H,14,15,16). The lowest BCUT2D eigenvalue weighted by Crippen LogP contribution is -1.99. The molecule has 0 bridgehead atoms. The molecule has 0 aliphatic heterocycles. The van der Waals surface area contributed by atoms with Crippen molar-refractivity contribution < 1.29 is 14.3 Å². The number of rotatable bonds is 5. The SMILES string of the molecule is O=C(O)CCc1n[nH]c(Cc2ccccc2F)n1. The Morgan fingerprint density at radius 3 is 2.89 bits per heavy atom. The molecule has 6 heteroatoms. The largest absolute Gasteiger partial charge is 0.481 e. The maximum Gasteiger partial charge on any atom is 0.303 e. The quantitative estimate of drug-likeness (QED) is 0.842. The summed E-state index contributed by atoms with van der Waals surface area (Å²) in [4.78, 5) is 14.5. The smallest absolute Gasteiger partial charge is 0.303 e. The molecule has 0 unspecified atom stereocenters. The molecular formula is C12H12FN3O2. The van der Waals surface area contributed by atoms with Crippen LogP contribution in [0.1, 0.15) is 23.6 Å². The van der Waals surface area contributed by atoms with Gasteiger partial charge in [0.2, 0.25) is 0 Å². The number of H-pyrrole nitrogens is 1. The highest BCUT2D eigenvalue weighted by atomic mass is 19.1. The van der Waals surface area contributed by atoms with Gasteiger partial charge in [0.1, 0.15) is 11.6 Å². The molecule has 1 aromatic heterocycles. The second-order valence-corrected chi connectivity index (χ2v) is 3.86. The van der Waals surface area contributed by atoms with Crippen molar-refractivity contribution >= 4 is 5.97 Å². The Morgan fingerprint density at radius 1 is 1.39 bits per heavy atom. The summed E-state index contributed by atoms with van der Waals surface area (Å²) < 4.78 is 13.4. The predicted octanol–water partition coefficient (Wildman–Crippen LogP) is 1.55. The van der Waals surface area contributed by atoms with Gasteiger partial charge < -0.3 is 5.11 Å². The number of aliphatic carboxylic acids is 1. The molecule has 1 aromatic carbocycles. The molecule has 0 radical (unpaired) electrons. The first-order valence-corrected chi connectivity index (χ1v) is 5.50. The summed E-state index contributed by atoms with van der Waals surface area (Å²) >= 11 is 0. The van der Waals surface area contributed by atoms with Gasteiger partial charge in [0.15, 0.2) is 5.82 Å². The number of carboxylic acids is 1. The summed E-state index contributed by atoms with van der Waals surface area (Å²) in [6.07, 6.45) is 0.562. The van der Waals surface area contributed by atoms with Crippen LogP contribution >= 0.6 is 0 Å². The minimum absolute atomic E-state index is 0.0169. The van der Waals surface area contributed by atoms with E-state index in [9.17, 15) is 9.18 Å². The Bertz CT molecular complexity index is 554. The summed E-state index contributed by atoms with van der Waals surface area (Å²) in [6, 6.07) is 6.43. The van der Waals surface area contributed by atoms with Crippen molar-refractivity contribution in [2.75, 3.05) is 0 Å². The van der Waals surface area contributed by atoms with E-state index in [2.05, 4.69) is 15.2 Å². The van der Waals surface area contributed by atoms with Gasteiger partial charge in [-0.3, -0.25) is 9.89 Å². The lowest BCUT2D eigenvalue weighted by atomic mass is 10.1. The molecule has 0 spiro atoms. The predicted molar refractivity (Wildman–Crippen MR) is 61.5 cm³/mol. The Balaban J connectivity index is 2.02. The van der Waals surface area contributed by atoms with Crippen LogP contribution in [0.25, 0.3) is 0 Å². The Hall–Kier alpha value is -2.24. The highest BCUT2D eigenvalue weighted by Gasteiger charge is 2.08. The number of aromatic nitrogens is 3. The van der Waals surface area contributed by atoms with Crippen LogP contribution in [0.4, 0.5) is 4.39 Å². The molecule has 5 nitrogen and oxygen atoms in total. The highest BCUT2D eigenvalue weighted by molar-refractivity contribution is 5.66. The van der Waals surface area contributed by atoms with Gasteiger partial charge in [0.25, 0.3) is 0 Å². The first kappa shape index (κ1) is 12.2. The number of hydrogen-bond donors (Lipinski definition) is 2. The van der Waals surface area contributed by atoms with E-state index in [1.54, 1.807) is 18.2 Å². The lowest BCUT2D eigenvalue weighted by Gasteiger charge is -1.98. The molecule has 2 rings (SSSR count). The van der Waals surface area contributed by atoms with Gasteiger partial charge in [-0.25, -0.2) is 9.37 Å². The fourth-order valence-electron chi connectivity index (χ4n) is 1.57. The number of hydrogen-bond acceptors (Lipinski definition) is 3. The number of halogens is 1. The Labute approximate surface area is 103 Å². The van der Waals surface area contributed by atoms with Crippen LogP contribution in [0.2, 0.25) is 0 Å². The monoisotopic (exact) mass is 249 g/mol. The Kier molecular flexibility index (Phi) is 3.66. The van der Waals surface area contributed by atoms with E-state index in [4.69, 9.17) is 5.11 Å². The summed E-state index contributed by atoms with van der Waals surface area (Å²) in [5.41, 5.74) is 0.526. The number of nitrogens with zero attached hydrogens (tertiary/aromatic N) is 2. The molecule has 94 valence electrons. The van der Waals surface area contributed by atoms with Crippen molar-refractivity contribution in [3.63, 3.8) is 0 Å². The van der Waals surface area contributed by atoms with Crippen molar-refractivity contribution in [1.82, 2.24) is 15.2 Å². The molecule has 0 amide bonds. The van der Waals surface area contributed by atoms with Gasteiger partial charge in [-0.1, -0.05) is 18.2 Å². The molecule has 18 heavy (non-hydrogen) atoms. The van der Waals surface area contributed by atoms with Crippen molar-refractivity contribution in [3.05, 3.63) is 47.3 Å². The van der Waals surface area contributed by atoms with Gasteiger partial charge in [-0.2, -0.15) is 5.10 Å². The molecule has 2 N–H and O–H groups in total. The summed E-state index contributed by atoms with van der Waals surface area (Å²) in [6.45, 7) is 0. The second kappa shape index (κ2) is 5.39. The average Bonchev–Trinajstić information content (AvgIpc) is 2.77. The van der Waals surface area contributed by atoms with Crippen LogP contribution in [0.15, 0.2) is 24.3 Å². The molecule has 0 saturated heterocycles. The van der Waals surface area contributed by atoms with Crippen molar-refractivity contribution in [2.24, 2.45) is 0 Å². The van der Waals surface area contributed by atoms with Crippen LogP contribution in [-0.2, 0) is 17.6 Å². The minimum Gasteiger partial charge on any atom is -0.481 e. The van der Waals surface area contributed by atoms with Crippen LogP contribution in [-0.4, -0.2) is 26.3 Å². The fourth-order valence-corrected chi connectivity index (χ4v) is 1.57. The van der Waals surface area contributed by atoms with Gasteiger partial charge in [0.05, 0.1) is 6.42 Å². The van der Waals surface area contributed by atoms with Gasteiger partial charge in [-0.05, 0) is 11.6 Å². The number of aryl methyl sites for hydroxylation is 1.